The highest BCUT2D eigenvalue weighted by Gasteiger charge is 2.11. The lowest BCUT2D eigenvalue weighted by atomic mass is 10.1. The highest BCUT2D eigenvalue weighted by atomic mass is 79.9. The van der Waals surface area contributed by atoms with Crippen molar-refractivity contribution in [1.29, 1.82) is 0 Å². The van der Waals surface area contributed by atoms with Gasteiger partial charge in [-0.25, -0.2) is 4.39 Å². The molecule has 2 nitrogen and oxygen atoms in total. The second kappa shape index (κ2) is 6.53. The third-order valence-electron chi connectivity index (χ3n) is 2.41. The van der Waals surface area contributed by atoms with Crippen molar-refractivity contribution in [3.8, 4) is 5.75 Å². The van der Waals surface area contributed by atoms with Gasteiger partial charge in [0.05, 0.1) is 11.1 Å². The molecule has 0 spiro atoms. The average Bonchev–Trinajstić information content (AvgIpc) is 2.27. The van der Waals surface area contributed by atoms with Crippen molar-refractivity contribution >= 4 is 15.9 Å². The third kappa shape index (κ3) is 5.83. The highest BCUT2D eigenvalue weighted by molar-refractivity contribution is 9.10. The molecular weight excluding hydrogens is 297 g/mol. The second-order valence-electron chi connectivity index (χ2n) is 5.62. The Morgan fingerprint density at radius 1 is 1.39 bits per heavy atom. The van der Waals surface area contributed by atoms with E-state index in [0.29, 0.717) is 22.7 Å². The van der Waals surface area contributed by atoms with E-state index < -0.39 is 0 Å². The van der Waals surface area contributed by atoms with Gasteiger partial charge in [-0.3, -0.25) is 0 Å². The summed E-state index contributed by atoms with van der Waals surface area (Å²) in [4.78, 5) is 0. The topological polar surface area (TPSA) is 21.3 Å². The van der Waals surface area contributed by atoms with Gasteiger partial charge in [0.25, 0.3) is 0 Å². The Hall–Kier alpha value is -0.610. The molecule has 0 aromatic heterocycles. The fourth-order valence-corrected chi connectivity index (χ4v) is 1.70. The maximum absolute atomic E-state index is 13.0. The monoisotopic (exact) mass is 317 g/mol. The van der Waals surface area contributed by atoms with Gasteiger partial charge in [-0.2, -0.15) is 0 Å². The minimum atomic E-state index is -0.273. The molecule has 0 heterocycles. The molecule has 0 aliphatic carbocycles. The molecule has 18 heavy (non-hydrogen) atoms. The van der Waals surface area contributed by atoms with Crippen LogP contribution in [0.1, 0.15) is 27.7 Å². The summed E-state index contributed by atoms with van der Waals surface area (Å²) in [6, 6.07) is 4.70. The average molecular weight is 318 g/mol. The Morgan fingerprint density at radius 3 is 2.61 bits per heavy atom. The van der Waals surface area contributed by atoms with E-state index in [4.69, 9.17) is 4.74 Å². The summed E-state index contributed by atoms with van der Waals surface area (Å²) in [5.41, 5.74) is 0.118. The van der Waals surface area contributed by atoms with Crippen LogP contribution in [0.15, 0.2) is 22.7 Å². The van der Waals surface area contributed by atoms with E-state index >= 15 is 0 Å². The van der Waals surface area contributed by atoms with E-state index in [-0.39, 0.29) is 11.4 Å². The fraction of sp³-hybridized carbons (Fsp3) is 0.571. The van der Waals surface area contributed by atoms with Crippen molar-refractivity contribution in [2.24, 2.45) is 5.92 Å². The fourth-order valence-electron chi connectivity index (χ4n) is 1.34. The van der Waals surface area contributed by atoms with Crippen molar-refractivity contribution in [3.63, 3.8) is 0 Å². The van der Waals surface area contributed by atoms with Crippen LogP contribution < -0.4 is 10.1 Å². The molecule has 0 radical (unpaired) electrons. The smallest absolute Gasteiger partial charge is 0.137 e. The maximum Gasteiger partial charge on any atom is 0.137 e. The summed E-state index contributed by atoms with van der Waals surface area (Å²) < 4.78 is 19.1. The van der Waals surface area contributed by atoms with E-state index in [1.54, 1.807) is 12.1 Å². The first-order valence-corrected chi connectivity index (χ1v) is 6.90. The largest absolute Gasteiger partial charge is 0.493 e. The summed E-state index contributed by atoms with van der Waals surface area (Å²) in [5.74, 6) is 0.809. The normalized spacial score (nSPS) is 13.4. The van der Waals surface area contributed by atoms with Crippen molar-refractivity contribution in [3.05, 3.63) is 28.5 Å². The van der Waals surface area contributed by atoms with Crippen molar-refractivity contribution in [2.45, 2.75) is 33.2 Å². The second-order valence-corrected chi connectivity index (χ2v) is 6.48. The zero-order valence-corrected chi connectivity index (χ0v) is 13.0. The van der Waals surface area contributed by atoms with Crippen LogP contribution in [-0.4, -0.2) is 18.7 Å². The van der Waals surface area contributed by atoms with E-state index in [1.165, 1.54) is 6.07 Å². The zero-order chi connectivity index (χ0) is 13.8. The molecule has 1 unspecified atom stereocenters. The predicted molar refractivity (Wildman–Crippen MR) is 76.5 cm³/mol. The van der Waals surface area contributed by atoms with E-state index in [1.807, 2.05) is 0 Å². The molecule has 1 atom stereocenters. The summed E-state index contributed by atoms with van der Waals surface area (Å²) in [7, 11) is 0. The van der Waals surface area contributed by atoms with Crippen LogP contribution in [0, 0.1) is 11.7 Å². The maximum atomic E-state index is 13.0. The van der Waals surface area contributed by atoms with Gasteiger partial charge in [-0.05, 0) is 54.9 Å². The number of halogens is 2. The van der Waals surface area contributed by atoms with Crippen LogP contribution in [-0.2, 0) is 0 Å². The molecule has 0 aliphatic rings. The standard InChI is InChI=1S/C14H21BrFNO/c1-10(8-17-14(2,3)4)9-18-11-5-6-13(16)12(15)7-11/h5-7,10,17H,8-9H2,1-4H3. The van der Waals surface area contributed by atoms with Crippen LogP contribution in [0.5, 0.6) is 5.75 Å². The number of ether oxygens (including phenoxy) is 1. The van der Waals surface area contributed by atoms with Crippen molar-refractivity contribution in [2.75, 3.05) is 13.2 Å². The molecular formula is C14H21BrFNO. The summed E-state index contributed by atoms with van der Waals surface area (Å²) in [6.45, 7) is 10.0. The number of nitrogens with one attached hydrogen (secondary N) is 1. The predicted octanol–water partition coefficient (Wildman–Crippen LogP) is 3.99. The Bertz CT molecular complexity index is 390. The lowest BCUT2D eigenvalue weighted by molar-refractivity contribution is 0.244. The van der Waals surface area contributed by atoms with Gasteiger partial charge in [0, 0.05) is 18.0 Å². The molecule has 1 aromatic rings. The molecule has 1 aromatic carbocycles. The highest BCUT2D eigenvalue weighted by Crippen LogP contribution is 2.22. The molecule has 0 amide bonds. The number of hydrogen-bond acceptors (Lipinski definition) is 2. The Kier molecular flexibility index (Phi) is 5.60. The van der Waals surface area contributed by atoms with Crippen molar-refractivity contribution < 1.29 is 9.13 Å². The van der Waals surface area contributed by atoms with Crippen molar-refractivity contribution in [1.82, 2.24) is 5.32 Å². The molecule has 1 N–H and O–H groups in total. The summed E-state index contributed by atoms with van der Waals surface area (Å²) in [6.07, 6.45) is 0. The Labute approximate surface area is 117 Å². The van der Waals surface area contributed by atoms with Crippen LogP contribution in [0.3, 0.4) is 0 Å². The first-order chi connectivity index (χ1) is 8.28. The quantitative estimate of drug-likeness (QED) is 0.886. The molecule has 0 saturated heterocycles. The van der Waals surface area contributed by atoms with Gasteiger partial charge in [-0.1, -0.05) is 6.92 Å². The van der Waals surface area contributed by atoms with E-state index in [0.717, 1.165) is 6.54 Å². The van der Waals surface area contributed by atoms with E-state index in [9.17, 15) is 4.39 Å². The number of rotatable bonds is 5. The molecule has 0 bridgehead atoms. The minimum Gasteiger partial charge on any atom is -0.493 e. The molecule has 0 fully saturated rings. The van der Waals surface area contributed by atoms with Gasteiger partial charge < -0.3 is 10.1 Å². The Morgan fingerprint density at radius 2 is 2.06 bits per heavy atom. The Balaban J connectivity index is 2.38. The lowest BCUT2D eigenvalue weighted by Crippen LogP contribution is -2.39. The summed E-state index contributed by atoms with van der Waals surface area (Å²) in [5, 5.41) is 3.43. The zero-order valence-electron chi connectivity index (χ0n) is 11.4. The third-order valence-corrected chi connectivity index (χ3v) is 3.01. The van der Waals surface area contributed by atoms with E-state index in [2.05, 4.69) is 48.9 Å². The first-order valence-electron chi connectivity index (χ1n) is 6.11. The van der Waals surface area contributed by atoms with Gasteiger partial charge in [0.1, 0.15) is 11.6 Å². The van der Waals surface area contributed by atoms with Crippen LogP contribution in [0.2, 0.25) is 0 Å². The van der Waals surface area contributed by atoms with Crippen LogP contribution >= 0.6 is 15.9 Å². The van der Waals surface area contributed by atoms with Crippen LogP contribution in [0.4, 0.5) is 4.39 Å². The molecule has 4 heteroatoms. The van der Waals surface area contributed by atoms with Gasteiger partial charge >= 0.3 is 0 Å². The van der Waals surface area contributed by atoms with Crippen LogP contribution in [0.25, 0.3) is 0 Å². The number of hydrogen-bond donors (Lipinski definition) is 1. The van der Waals surface area contributed by atoms with Gasteiger partial charge in [0.15, 0.2) is 0 Å². The minimum absolute atomic E-state index is 0.118. The van der Waals surface area contributed by atoms with Gasteiger partial charge in [-0.15, -0.1) is 0 Å². The SMILES string of the molecule is CC(CNC(C)(C)C)COc1ccc(F)c(Br)c1. The molecule has 1 rings (SSSR count). The first kappa shape index (κ1) is 15.4. The molecule has 0 saturated carbocycles. The molecule has 102 valence electrons. The number of benzene rings is 1. The molecule has 0 aliphatic heterocycles. The van der Waals surface area contributed by atoms with Gasteiger partial charge in [0.2, 0.25) is 0 Å². The lowest BCUT2D eigenvalue weighted by Gasteiger charge is -2.23. The summed E-state index contributed by atoms with van der Waals surface area (Å²) >= 11 is 3.14.